The molecule has 8 heteroatoms. The number of hydrogen-bond acceptors (Lipinski definition) is 8. The number of rotatable bonds is 3. The summed E-state index contributed by atoms with van der Waals surface area (Å²) in [5.41, 5.74) is -0.898. The lowest BCUT2D eigenvalue weighted by atomic mass is 9.58. The highest BCUT2D eigenvalue weighted by Gasteiger charge is 2.77. The van der Waals surface area contributed by atoms with E-state index >= 15 is 0 Å². The van der Waals surface area contributed by atoms with Crippen molar-refractivity contribution in [2.75, 3.05) is 6.61 Å². The molecule has 3 saturated carbocycles. The lowest BCUT2D eigenvalue weighted by Gasteiger charge is -2.52. The van der Waals surface area contributed by atoms with Gasteiger partial charge in [-0.1, -0.05) is 33.8 Å². The summed E-state index contributed by atoms with van der Waals surface area (Å²) in [4.78, 5) is 17.9. The molecule has 1 heterocycles. The average molecular weight is 478 g/mol. The van der Waals surface area contributed by atoms with E-state index in [0.29, 0.717) is 17.9 Å². The van der Waals surface area contributed by atoms with Gasteiger partial charge in [0.25, 0.3) is 0 Å². The molecule has 10 atom stereocenters. The third-order valence-electron chi connectivity index (χ3n) is 9.82. The molecule has 182 valence electrons. The fourth-order valence-electron chi connectivity index (χ4n) is 8.12. The number of aliphatic hydroxyl groups is 4. The van der Waals surface area contributed by atoms with E-state index in [1.54, 1.807) is 18.5 Å². The summed E-state index contributed by atoms with van der Waals surface area (Å²) in [5, 5.41) is 46.1. The fourth-order valence-corrected chi connectivity index (χ4v) is 8.69. The van der Waals surface area contributed by atoms with Crippen LogP contribution < -0.4 is 0 Å². The van der Waals surface area contributed by atoms with Gasteiger partial charge in [0.1, 0.15) is 17.8 Å². The van der Waals surface area contributed by atoms with E-state index in [1.807, 2.05) is 13.8 Å². The Morgan fingerprint density at radius 2 is 2.00 bits per heavy atom. The number of esters is 1. The van der Waals surface area contributed by atoms with Gasteiger partial charge in [-0.05, 0) is 54.4 Å². The number of carbonyl (C=O) groups is 1. The molecule has 1 spiro atoms. The van der Waals surface area contributed by atoms with Gasteiger partial charge in [-0.3, -0.25) is 0 Å². The second-order valence-electron chi connectivity index (χ2n) is 11.5. The second-order valence-corrected chi connectivity index (χ2v) is 12.6. The number of fused-ring (bicyclic) bond motifs is 3. The van der Waals surface area contributed by atoms with Crippen LogP contribution in [0.4, 0.5) is 0 Å². The van der Waals surface area contributed by atoms with Crippen LogP contribution in [-0.2, 0) is 4.74 Å². The third kappa shape index (κ3) is 2.82. The molecule has 1 aromatic heterocycles. The largest absolute Gasteiger partial charge is 0.454 e. The Morgan fingerprint density at radius 1 is 1.30 bits per heavy atom. The predicted octanol–water partition coefficient (Wildman–Crippen LogP) is 2.32. The van der Waals surface area contributed by atoms with Crippen molar-refractivity contribution in [3.05, 3.63) is 27.7 Å². The molecular formula is C25H35NO6S. The van der Waals surface area contributed by atoms with Crippen molar-refractivity contribution < 1.29 is 30.0 Å². The minimum absolute atomic E-state index is 0.0459. The summed E-state index contributed by atoms with van der Waals surface area (Å²) in [5.74, 6) is -0.755. The van der Waals surface area contributed by atoms with Crippen molar-refractivity contribution in [2.45, 2.75) is 71.4 Å². The van der Waals surface area contributed by atoms with Crippen LogP contribution in [0.2, 0.25) is 0 Å². The van der Waals surface area contributed by atoms with Crippen molar-refractivity contribution in [2.24, 2.45) is 40.4 Å². The highest BCUT2D eigenvalue weighted by Crippen LogP contribution is 2.73. The first kappa shape index (κ1) is 23.4. The van der Waals surface area contributed by atoms with Gasteiger partial charge < -0.3 is 25.2 Å². The van der Waals surface area contributed by atoms with Crippen LogP contribution >= 0.6 is 11.3 Å². The minimum atomic E-state index is -1.94. The first-order valence-corrected chi connectivity index (χ1v) is 12.8. The van der Waals surface area contributed by atoms with Crippen LogP contribution in [0, 0.1) is 47.3 Å². The number of ether oxygens (including phenoxy) is 1. The van der Waals surface area contributed by atoms with Crippen molar-refractivity contribution in [1.29, 1.82) is 0 Å². The van der Waals surface area contributed by atoms with Gasteiger partial charge in [0.05, 0.1) is 18.2 Å². The molecule has 1 unspecified atom stereocenters. The molecule has 0 aliphatic heterocycles. The average Bonchev–Trinajstić information content (AvgIpc) is 3.02. The Morgan fingerprint density at radius 3 is 2.61 bits per heavy atom. The molecule has 2 bridgehead atoms. The molecule has 33 heavy (non-hydrogen) atoms. The maximum Gasteiger partial charge on any atom is 0.358 e. The summed E-state index contributed by atoms with van der Waals surface area (Å²) in [6, 6.07) is 0. The van der Waals surface area contributed by atoms with Gasteiger partial charge in [-0.2, -0.15) is 0 Å². The zero-order chi connectivity index (χ0) is 24.1. The number of thiazole rings is 1. The van der Waals surface area contributed by atoms with E-state index in [9.17, 15) is 25.2 Å². The number of hydrogen-bond donors (Lipinski definition) is 4. The monoisotopic (exact) mass is 477 g/mol. The fraction of sp³-hybridized carbons (Fsp3) is 0.760. The lowest BCUT2D eigenvalue weighted by molar-refractivity contribution is -0.226. The molecule has 1 aromatic rings. The molecule has 0 aromatic carbocycles. The Hall–Kier alpha value is -1.32. The van der Waals surface area contributed by atoms with Crippen LogP contribution in [0.25, 0.3) is 0 Å². The molecule has 0 radical (unpaired) electrons. The van der Waals surface area contributed by atoms with Gasteiger partial charge in [-0.25, -0.2) is 9.78 Å². The Labute approximate surface area is 198 Å². The van der Waals surface area contributed by atoms with Crippen LogP contribution in [0.5, 0.6) is 0 Å². The van der Waals surface area contributed by atoms with Crippen molar-refractivity contribution >= 4 is 17.3 Å². The Kier molecular flexibility index (Phi) is 5.21. The highest BCUT2D eigenvalue weighted by atomic mass is 32.1. The number of carbonyl (C=O) groups excluding carboxylic acids is 1. The van der Waals surface area contributed by atoms with Gasteiger partial charge in [0.2, 0.25) is 0 Å². The first-order chi connectivity index (χ1) is 15.4. The quantitative estimate of drug-likeness (QED) is 0.389. The summed E-state index contributed by atoms with van der Waals surface area (Å²) in [6.07, 6.45) is -0.399. The third-order valence-corrected chi connectivity index (χ3v) is 10.6. The van der Waals surface area contributed by atoms with E-state index in [2.05, 4.69) is 18.8 Å². The summed E-state index contributed by atoms with van der Waals surface area (Å²) < 4.78 is 5.92. The zero-order valence-corrected chi connectivity index (χ0v) is 20.7. The van der Waals surface area contributed by atoms with Gasteiger partial charge in [0.15, 0.2) is 5.69 Å². The first-order valence-electron chi connectivity index (χ1n) is 11.9. The number of aromatic nitrogens is 1. The molecule has 4 aliphatic carbocycles. The molecule has 5 rings (SSSR count). The topological polar surface area (TPSA) is 120 Å². The zero-order valence-electron chi connectivity index (χ0n) is 19.9. The SMILES string of the molecule is Cc1scnc1C(=O)O[C@H]1[C@@H](C)C[C@]23C(O)[C@@H](C=C(CO)[C@@H](O)[C@]12O)[C@H]1[C@@H](C[C@H]3C)C1(C)C. The van der Waals surface area contributed by atoms with Gasteiger partial charge >= 0.3 is 5.97 Å². The number of nitrogens with zero attached hydrogens (tertiary/aromatic N) is 1. The summed E-state index contributed by atoms with van der Waals surface area (Å²) >= 11 is 1.34. The summed E-state index contributed by atoms with van der Waals surface area (Å²) in [6.45, 7) is 9.70. The molecular weight excluding hydrogens is 442 g/mol. The molecule has 7 nitrogen and oxygen atoms in total. The van der Waals surface area contributed by atoms with Crippen molar-refractivity contribution in [1.82, 2.24) is 4.98 Å². The van der Waals surface area contributed by atoms with Gasteiger partial charge in [-0.15, -0.1) is 11.3 Å². The Bertz CT molecular complexity index is 1000. The normalized spacial score (nSPS) is 47.6. The van der Waals surface area contributed by atoms with Crippen LogP contribution in [0.15, 0.2) is 17.2 Å². The molecule has 0 saturated heterocycles. The maximum absolute atomic E-state index is 13.0. The van der Waals surface area contributed by atoms with Gasteiger partial charge in [0, 0.05) is 16.2 Å². The van der Waals surface area contributed by atoms with E-state index in [-0.39, 0.29) is 34.8 Å². The standard InChI is InChI=1S/C25H35NO6S/c1-11-8-24-12(2)6-16-17(23(16,4)5)15(20(24)29)7-14(9-27)19(28)25(24,31)21(11)32-22(30)18-13(3)33-10-26-18/h7,10-12,15-17,19-21,27-29,31H,6,8-9H2,1-5H3/t11-,12+,15-,16+,17-,19+,20?,21-,24-,25-/m0/s1. The van der Waals surface area contributed by atoms with Crippen molar-refractivity contribution in [3.8, 4) is 0 Å². The van der Waals surface area contributed by atoms with Crippen LogP contribution in [0.3, 0.4) is 0 Å². The lowest BCUT2D eigenvalue weighted by Crippen LogP contribution is -2.66. The Balaban J connectivity index is 1.63. The van der Waals surface area contributed by atoms with Crippen LogP contribution in [-0.4, -0.2) is 61.9 Å². The van der Waals surface area contributed by atoms with E-state index in [1.165, 1.54) is 11.3 Å². The van der Waals surface area contributed by atoms with E-state index in [0.717, 1.165) is 11.3 Å². The van der Waals surface area contributed by atoms with E-state index in [4.69, 9.17) is 4.74 Å². The molecule has 0 amide bonds. The van der Waals surface area contributed by atoms with E-state index < -0.39 is 41.9 Å². The number of aliphatic hydroxyl groups excluding tert-OH is 3. The van der Waals surface area contributed by atoms with Crippen molar-refractivity contribution in [3.63, 3.8) is 0 Å². The predicted molar refractivity (Wildman–Crippen MR) is 122 cm³/mol. The minimum Gasteiger partial charge on any atom is -0.454 e. The second kappa shape index (κ2) is 7.34. The molecule has 4 N–H and O–H groups in total. The van der Waals surface area contributed by atoms with Crippen LogP contribution in [0.1, 0.15) is 55.9 Å². The summed E-state index contributed by atoms with van der Waals surface area (Å²) in [7, 11) is 0. The maximum atomic E-state index is 13.0. The molecule has 3 fully saturated rings. The molecule has 4 aliphatic rings. The number of aryl methyl sites for hydroxylation is 1. The smallest absolute Gasteiger partial charge is 0.358 e. The highest BCUT2D eigenvalue weighted by molar-refractivity contribution is 7.09.